The third-order valence-corrected chi connectivity index (χ3v) is 12.3. The van der Waals surface area contributed by atoms with Crippen LogP contribution in [0, 0.1) is 0 Å². The first-order chi connectivity index (χ1) is 34.5. The molecule has 400 valence electrons. The Morgan fingerprint density at radius 3 is 0.886 bits per heavy atom. The van der Waals surface area contributed by atoms with Gasteiger partial charge in [0.25, 0.3) is 0 Å². The minimum Gasteiger partial charge on any atom is -0.462 e. The molecule has 0 aliphatic carbocycles. The fourth-order valence-electron chi connectivity index (χ4n) is 7.88. The quantitative estimate of drug-likeness (QED) is 0.0262. The Morgan fingerprint density at radius 1 is 0.300 bits per heavy atom. The van der Waals surface area contributed by atoms with E-state index in [0.29, 0.717) is 19.3 Å². The van der Waals surface area contributed by atoms with Crippen LogP contribution in [0.4, 0.5) is 0 Å². The molecule has 70 heavy (non-hydrogen) atoms. The van der Waals surface area contributed by atoms with Crippen LogP contribution in [0.2, 0.25) is 0 Å². The highest BCUT2D eigenvalue weighted by Crippen LogP contribution is 2.15. The van der Waals surface area contributed by atoms with Crippen LogP contribution in [0.15, 0.2) is 97.2 Å². The van der Waals surface area contributed by atoms with Crippen LogP contribution in [0.3, 0.4) is 0 Å². The number of hydrogen-bond acceptors (Lipinski definition) is 6. The first-order valence-corrected chi connectivity index (χ1v) is 29.2. The topological polar surface area (TPSA) is 78.9 Å². The maximum atomic E-state index is 12.8. The summed E-state index contributed by atoms with van der Waals surface area (Å²) in [7, 11) is 0. The van der Waals surface area contributed by atoms with Gasteiger partial charge in [-0.15, -0.1) is 0 Å². The Balaban J connectivity index is 4.26. The second-order valence-corrected chi connectivity index (χ2v) is 19.2. The van der Waals surface area contributed by atoms with E-state index in [1.807, 2.05) is 0 Å². The number of rotatable bonds is 52. The Labute approximate surface area is 432 Å². The summed E-state index contributed by atoms with van der Waals surface area (Å²) in [6, 6.07) is 0. The van der Waals surface area contributed by atoms with Crippen LogP contribution in [0.1, 0.15) is 271 Å². The van der Waals surface area contributed by atoms with Gasteiger partial charge in [0, 0.05) is 19.3 Å². The molecule has 0 saturated carbocycles. The monoisotopic (exact) mass is 973 g/mol. The molecule has 0 aliphatic heterocycles. The summed E-state index contributed by atoms with van der Waals surface area (Å²) < 4.78 is 16.8. The molecule has 0 amide bonds. The van der Waals surface area contributed by atoms with Gasteiger partial charge in [0.05, 0.1) is 0 Å². The van der Waals surface area contributed by atoms with Gasteiger partial charge in [-0.25, -0.2) is 0 Å². The van der Waals surface area contributed by atoms with Crippen molar-refractivity contribution >= 4 is 17.9 Å². The van der Waals surface area contributed by atoms with E-state index in [-0.39, 0.29) is 31.1 Å². The third-order valence-electron chi connectivity index (χ3n) is 12.3. The number of esters is 3. The smallest absolute Gasteiger partial charge is 0.306 e. The molecule has 0 spiro atoms. The molecule has 0 aromatic heterocycles. The second-order valence-electron chi connectivity index (χ2n) is 19.2. The van der Waals surface area contributed by atoms with Gasteiger partial charge >= 0.3 is 17.9 Å². The highest BCUT2D eigenvalue weighted by atomic mass is 16.6. The molecule has 0 fully saturated rings. The van der Waals surface area contributed by atoms with Gasteiger partial charge in [0.1, 0.15) is 13.2 Å². The van der Waals surface area contributed by atoms with Crippen LogP contribution in [0.5, 0.6) is 0 Å². The van der Waals surface area contributed by atoms with Crippen molar-refractivity contribution in [3.8, 4) is 0 Å². The van der Waals surface area contributed by atoms with Gasteiger partial charge in [0.15, 0.2) is 6.10 Å². The molecule has 0 radical (unpaired) electrons. The molecule has 0 bridgehead atoms. The Bertz CT molecular complexity index is 1400. The average molecular weight is 974 g/mol. The zero-order chi connectivity index (χ0) is 50.7. The van der Waals surface area contributed by atoms with Gasteiger partial charge < -0.3 is 14.2 Å². The molecular formula is C64H108O6. The molecule has 0 saturated heterocycles. The molecular weight excluding hydrogens is 865 g/mol. The lowest BCUT2D eigenvalue weighted by Crippen LogP contribution is -2.30. The number of allylic oxidation sites excluding steroid dienone is 16. The lowest BCUT2D eigenvalue weighted by atomic mass is 10.0. The summed E-state index contributed by atoms with van der Waals surface area (Å²) in [5.74, 6) is -0.912. The van der Waals surface area contributed by atoms with Crippen LogP contribution in [-0.4, -0.2) is 37.2 Å². The van der Waals surface area contributed by atoms with E-state index < -0.39 is 6.10 Å². The van der Waals surface area contributed by atoms with E-state index in [1.54, 1.807) is 0 Å². The van der Waals surface area contributed by atoms with E-state index in [9.17, 15) is 14.4 Å². The highest BCUT2D eigenvalue weighted by molar-refractivity contribution is 5.71. The molecule has 6 heteroatoms. The molecule has 0 heterocycles. The first-order valence-electron chi connectivity index (χ1n) is 29.2. The van der Waals surface area contributed by atoms with Crippen molar-refractivity contribution in [3.05, 3.63) is 97.2 Å². The lowest BCUT2D eigenvalue weighted by Gasteiger charge is -2.18. The summed E-state index contributed by atoms with van der Waals surface area (Å²) in [5, 5.41) is 0. The molecule has 0 N–H and O–H groups in total. The number of carbonyl (C=O) groups is 3. The molecule has 1 atom stereocenters. The fourth-order valence-corrected chi connectivity index (χ4v) is 7.88. The predicted octanol–water partition coefficient (Wildman–Crippen LogP) is 19.7. The minimum atomic E-state index is -0.789. The number of hydrogen-bond donors (Lipinski definition) is 0. The lowest BCUT2D eigenvalue weighted by molar-refractivity contribution is -0.167. The maximum absolute atomic E-state index is 12.8. The normalized spacial score (nSPS) is 12.8. The van der Waals surface area contributed by atoms with Gasteiger partial charge in [-0.1, -0.05) is 240 Å². The van der Waals surface area contributed by atoms with Crippen molar-refractivity contribution in [2.75, 3.05) is 13.2 Å². The van der Waals surface area contributed by atoms with Crippen molar-refractivity contribution in [1.29, 1.82) is 0 Å². The summed E-state index contributed by atoms with van der Waals surface area (Å²) in [5.41, 5.74) is 0. The van der Waals surface area contributed by atoms with Crippen LogP contribution < -0.4 is 0 Å². The molecule has 0 aliphatic rings. The fraction of sp³-hybridized carbons (Fsp3) is 0.703. The zero-order valence-corrected chi connectivity index (χ0v) is 45.8. The predicted molar refractivity (Wildman–Crippen MR) is 302 cm³/mol. The number of ether oxygens (including phenoxy) is 3. The van der Waals surface area contributed by atoms with Gasteiger partial charge in [0.2, 0.25) is 0 Å². The molecule has 0 aromatic carbocycles. The minimum absolute atomic E-state index is 0.0871. The summed E-state index contributed by atoms with van der Waals surface area (Å²) >= 11 is 0. The summed E-state index contributed by atoms with van der Waals surface area (Å²) in [6.07, 6.45) is 76.9. The van der Waals surface area contributed by atoms with E-state index in [1.165, 1.54) is 109 Å². The van der Waals surface area contributed by atoms with Crippen molar-refractivity contribution in [2.24, 2.45) is 0 Å². The molecule has 1 unspecified atom stereocenters. The van der Waals surface area contributed by atoms with Crippen LogP contribution in [-0.2, 0) is 28.6 Å². The van der Waals surface area contributed by atoms with E-state index in [0.717, 1.165) is 122 Å². The summed E-state index contributed by atoms with van der Waals surface area (Å²) in [4.78, 5) is 38.1. The Hall–Kier alpha value is -3.67. The largest absolute Gasteiger partial charge is 0.462 e. The SMILES string of the molecule is CC/C=C\C/C=C\C/C=C\C/C=C\C/C=C\CCCCCCCCCCCCCC(=O)OCC(COC(=O)CCCCCCC/C=C\CCCC)OC(=O)CCCCCCC/C=C\C/C=C\CCCC. The van der Waals surface area contributed by atoms with E-state index in [4.69, 9.17) is 14.2 Å². The highest BCUT2D eigenvalue weighted by Gasteiger charge is 2.19. The zero-order valence-electron chi connectivity index (χ0n) is 45.8. The molecule has 6 nitrogen and oxygen atoms in total. The van der Waals surface area contributed by atoms with Crippen molar-refractivity contribution in [1.82, 2.24) is 0 Å². The third kappa shape index (κ3) is 55.3. The van der Waals surface area contributed by atoms with Gasteiger partial charge in [-0.05, 0) is 109 Å². The Kier molecular flexibility index (Phi) is 54.9. The number of unbranched alkanes of at least 4 members (excludes halogenated alkanes) is 25. The van der Waals surface area contributed by atoms with Crippen LogP contribution in [0.25, 0.3) is 0 Å². The van der Waals surface area contributed by atoms with E-state index >= 15 is 0 Å². The number of carbonyl (C=O) groups excluding carboxylic acids is 3. The van der Waals surface area contributed by atoms with Crippen LogP contribution >= 0.6 is 0 Å². The standard InChI is InChI=1S/C64H108O6/c1-4-7-10-13-16-19-22-24-26-27-28-29-30-31-32-33-34-35-36-37-38-40-42-45-48-51-54-57-63(66)69-60-61(59-68-62(65)56-53-50-47-44-41-21-18-15-12-9-6-3)70-64(67)58-55-52-49-46-43-39-25-23-20-17-14-11-8-5-2/h7,10,14-19,23-26,28-29,31-32,61H,4-6,8-9,11-13,20-22,27,30,33-60H2,1-3H3/b10-7-,17-14-,18-15-,19-16-,25-23-,26-24-,29-28-,32-31-. The van der Waals surface area contributed by atoms with Crippen molar-refractivity contribution in [2.45, 2.75) is 277 Å². The van der Waals surface area contributed by atoms with Crippen molar-refractivity contribution < 1.29 is 28.6 Å². The van der Waals surface area contributed by atoms with Gasteiger partial charge in [-0.2, -0.15) is 0 Å². The Morgan fingerprint density at radius 2 is 0.557 bits per heavy atom. The first kappa shape index (κ1) is 66.3. The molecule has 0 rings (SSSR count). The summed E-state index contributed by atoms with van der Waals surface area (Å²) in [6.45, 7) is 6.43. The average Bonchev–Trinajstić information content (AvgIpc) is 3.36. The second kappa shape index (κ2) is 57.9. The maximum Gasteiger partial charge on any atom is 0.306 e. The van der Waals surface area contributed by atoms with Crippen molar-refractivity contribution in [3.63, 3.8) is 0 Å². The molecule has 0 aromatic rings. The van der Waals surface area contributed by atoms with E-state index in [2.05, 4.69) is 118 Å². The van der Waals surface area contributed by atoms with Gasteiger partial charge in [-0.3, -0.25) is 14.4 Å².